The van der Waals surface area contributed by atoms with Crippen molar-refractivity contribution in [3.8, 4) is 11.5 Å². The number of phenolic OH excluding ortho intramolecular Hbond substituents is 2. The summed E-state index contributed by atoms with van der Waals surface area (Å²) in [6.07, 6.45) is 21.3. The quantitative estimate of drug-likeness (QED) is 0.228. The van der Waals surface area contributed by atoms with Gasteiger partial charge < -0.3 is 15.5 Å². The molecule has 0 unspecified atom stereocenters. The van der Waals surface area contributed by atoms with Gasteiger partial charge in [-0.1, -0.05) is 103 Å². The summed E-state index contributed by atoms with van der Waals surface area (Å²) in [4.78, 5) is 12.0. The first-order valence-electron chi connectivity index (χ1n) is 12.0. The van der Waals surface area contributed by atoms with E-state index in [0.717, 1.165) is 12.8 Å². The van der Waals surface area contributed by atoms with Gasteiger partial charge in [0.2, 0.25) is 0 Å². The molecule has 0 radical (unpaired) electrons. The second kappa shape index (κ2) is 17.2. The lowest BCUT2D eigenvalue weighted by molar-refractivity contribution is 0.0950. The van der Waals surface area contributed by atoms with Gasteiger partial charge in [-0.05, 0) is 18.6 Å². The number of phenols is 2. The van der Waals surface area contributed by atoms with Crippen molar-refractivity contribution in [3.05, 3.63) is 23.8 Å². The van der Waals surface area contributed by atoms with E-state index in [2.05, 4.69) is 12.2 Å². The van der Waals surface area contributed by atoms with Crippen LogP contribution in [0.3, 0.4) is 0 Å². The summed E-state index contributed by atoms with van der Waals surface area (Å²) >= 11 is 0. The number of aromatic hydroxyl groups is 2. The Morgan fingerprint density at radius 1 is 0.724 bits per heavy atom. The highest BCUT2D eigenvalue weighted by molar-refractivity contribution is 5.96. The van der Waals surface area contributed by atoms with E-state index in [0.29, 0.717) is 6.54 Å². The Balaban J connectivity index is 1.84. The van der Waals surface area contributed by atoms with Crippen LogP contribution in [0.25, 0.3) is 0 Å². The Bertz CT molecular complexity index is 545. The molecule has 0 aliphatic carbocycles. The molecule has 0 aliphatic rings. The number of amides is 1. The average molecular weight is 406 g/mol. The smallest absolute Gasteiger partial charge is 0.255 e. The summed E-state index contributed by atoms with van der Waals surface area (Å²) in [5.41, 5.74) is 0.208. The SMILES string of the molecule is CCCCCCCCCCCCCCCCCCNC(=O)c1ccc(O)cc1O. The minimum Gasteiger partial charge on any atom is -0.508 e. The molecule has 0 saturated heterocycles. The van der Waals surface area contributed by atoms with Gasteiger partial charge in [0, 0.05) is 12.6 Å². The standard InChI is InChI=1S/C25H43NO3/c1-2-3-4-5-6-7-8-9-10-11-12-13-14-15-16-17-20-26-25(29)23-19-18-22(27)21-24(23)28/h18-19,21,27-28H,2-17,20H2,1H3,(H,26,29). The number of nitrogens with one attached hydrogen (secondary N) is 1. The van der Waals surface area contributed by atoms with E-state index in [-0.39, 0.29) is 23.0 Å². The minimum absolute atomic E-state index is 0.0446. The monoisotopic (exact) mass is 405 g/mol. The number of carbonyl (C=O) groups excluding carboxylic acids is 1. The van der Waals surface area contributed by atoms with Gasteiger partial charge in [-0.25, -0.2) is 0 Å². The normalized spacial score (nSPS) is 10.9. The molecule has 0 atom stereocenters. The lowest BCUT2D eigenvalue weighted by atomic mass is 10.0. The van der Waals surface area contributed by atoms with Gasteiger partial charge >= 0.3 is 0 Å². The molecular formula is C25H43NO3. The molecule has 0 fully saturated rings. The summed E-state index contributed by atoms with van der Waals surface area (Å²) in [5.74, 6) is -0.519. The highest BCUT2D eigenvalue weighted by Gasteiger charge is 2.10. The first-order valence-corrected chi connectivity index (χ1v) is 12.0. The number of hydrogen-bond donors (Lipinski definition) is 3. The van der Waals surface area contributed by atoms with Crippen molar-refractivity contribution in [1.29, 1.82) is 0 Å². The number of rotatable bonds is 18. The molecule has 4 heteroatoms. The van der Waals surface area contributed by atoms with Crippen molar-refractivity contribution < 1.29 is 15.0 Å². The molecule has 1 amide bonds. The third-order valence-electron chi connectivity index (χ3n) is 5.54. The van der Waals surface area contributed by atoms with E-state index in [4.69, 9.17) is 0 Å². The van der Waals surface area contributed by atoms with Crippen LogP contribution < -0.4 is 5.32 Å². The van der Waals surface area contributed by atoms with Gasteiger partial charge in [-0.3, -0.25) is 4.79 Å². The molecule has 1 aromatic rings. The zero-order valence-electron chi connectivity index (χ0n) is 18.6. The lowest BCUT2D eigenvalue weighted by Crippen LogP contribution is -2.24. The van der Waals surface area contributed by atoms with Crippen molar-refractivity contribution >= 4 is 5.91 Å². The van der Waals surface area contributed by atoms with E-state index >= 15 is 0 Å². The molecular weight excluding hydrogens is 362 g/mol. The van der Waals surface area contributed by atoms with Crippen molar-refractivity contribution in [2.45, 2.75) is 110 Å². The van der Waals surface area contributed by atoms with Gasteiger partial charge in [0.05, 0.1) is 5.56 Å². The second-order valence-corrected chi connectivity index (χ2v) is 8.26. The van der Waals surface area contributed by atoms with Crippen LogP contribution in [-0.4, -0.2) is 22.7 Å². The van der Waals surface area contributed by atoms with Gasteiger partial charge in [-0.15, -0.1) is 0 Å². The van der Waals surface area contributed by atoms with Crippen molar-refractivity contribution in [3.63, 3.8) is 0 Å². The van der Waals surface area contributed by atoms with Crippen molar-refractivity contribution in [2.75, 3.05) is 6.54 Å². The van der Waals surface area contributed by atoms with Gasteiger partial charge in [0.25, 0.3) is 5.91 Å². The molecule has 0 heterocycles. The highest BCUT2D eigenvalue weighted by Crippen LogP contribution is 2.22. The molecule has 4 nitrogen and oxygen atoms in total. The van der Waals surface area contributed by atoms with E-state index in [1.165, 1.54) is 108 Å². The maximum Gasteiger partial charge on any atom is 0.255 e. The molecule has 0 aromatic heterocycles. The minimum atomic E-state index is -0.288. The van der Waals surface area contributed by atoms with Crippen LogP contribution in [0.4, 0.5) is 0 Å². The first kappa shape index (κ1) is 25.3. The topological polar surface area (TPSA) is 69.6 Å². The van der Waals surface area contributed by atoms with Crippen LogP contribution in [0.15, 0.2) is 18.2 Å². The summed E-state index contributed by atoms with van der Waals surface area (Å²) in [5, 5.41) is 21.8. The average Bonchev–Trinajstić information content (AvgIpc) is 2.70. The fourth-order valence-corrected chi connectivity index (χ4v) is 3.68. The fraction of sp³-hybridized carbons (Fsp3) is 0.720. The molecule has 0 aliphatic heterocycles. The Kier molecular flexibility index (Phi) is 15.0. The second-order valence-electron chi connectivity index (χ2n) is 8.26. The molecule has 29 heavy (non-hydrogen) atoms. The van der Waals surface area contributed by atoms with Crippen LogP contribution in [-0.2, 0) is 0 Å². The number of carbonyl (C=O) groups is 1. The predicted octanol–water partition coefficient (Wildman–Crippen LogP) is 7.09. The van der Waals surface area contributed by atoms with Crippen LogP contribution in [0.1, 0.15) is 120 Å². The van der Waals surface area contributed by atoms with E-state index in [9.17, 15) is 15.0 Å². The van der Waals surface area contributed by atoms with E-state index in [1.54, 1.807) is 0 Å². The Morgan fingerprint density at radius 3 is 1.62 bits per heavy atom. The number of unbranched alkanes of at least 4 members (excludes halogenated alkanes) is 15. The van der Waals surface area contributed by atoms with Crippen molar-refractivity contribution in [1.82, 2.24) is 5.32 Å². The van der Waals surface area contributed by atoms with Crippen LogP contribution in [0.2, 0.25) is 0 Å². The molecule has 0 bridgehead atoms. The van der Waals surface area contributed by atoms with Crippen LogP contribution in [0, 0.1) is 0 Å². The maximum atomic E-state index is 12.0. The summed E-state index contributed by atoms with van der Waals surface area (Å²) < 4.78 is 0. The zero-order chi connectivity index (χ0) is 21.2. The van der Waals surface area contributed by atoms with Crippen LogP contribution >= 0.6 is 0 Å². The third kappa shape index (κ3) is 13.2. The Hall–Kier alpha value is -1.71. The Morgan fingerprint density at radius 2 is 1.17 bits per heavy atom. The Labute approximate surface area is 178 Å². The summed E-state index contributed by atoms with van der Waals surface area (Å²) in [7, 11) is 0. The molecule has 0 spiro atoms. The molecule has 0 saturated carbocycles. The van der Waals surface area contributed by atoms with Gasteiger partial charge in [-0.2, -0.15) is 0 Å². The fourth-order valence-electron chi connectivity index (χ4n) is 3.68. The number of benzene rings is 1. The maximum absolute atomic E-state index is 12.0. The lowest BCUT2D eigenvalue weighted by Gasteiger charge is -2.07. The molecule has 1 rings (SSSR count). The predicted molar refractivity (Wildman–Crippen MR) is 122 cm³/mol. The molecule has 3 N–H and O–H groups in total. The van der Waals surface area contributed by atoms with Gasteiger partial charge in [0.15, 0.2) is 0 Å². The summed E-state index contributed by atoms with van der Waals surface area (Å²) in [6, 6.07) is 4.03. The highest BCUT2D eigenvalue weighted by atomic mass is 16.3. The van der Waals surface area contributed by atoms with Gasteiger partial charge in [0.1, 0.15) is 11.5 Å². The van der Waals surface area contributed by atoms with E-state index in [1.807, 2.05) is 0 Å². The summed E-state index contributed by atoms with van der Waals surface area (Å²) in [6.45, 7) is 2.89. The largest absolute Gasteiger partial charge is 0.508 e. The van der Waals surface area contributed by atoms with Crippen molar-refractivity contribution in [2.24, 2.45) is 0 Å². The molecule has 166 valence electrons. The zero-order valence-corrected chi connectivity index (χ0v) is 18.6. The third-order valence-corrected chi connectivity index (χ3v) is 5.54. The number of hydrogen-bond acceptors (Lipinski definition) is 3. The molecule has 1 aromatic carbocycles. The van der Waals surface area contributed by atoms with Crippen LogP contribution in [0.5, 0.6) is 11.5 Å². The first-order chi connectivity index (χ1) is 14.1. The van der Waals surface area contributed by atoms with E-state index < -0.39 is 0 Å².